The topological polar surface area (TPSA) is 55.6 Å². The molecule has 0 amide bonds. The van der Waals surface area contributed by atoms with Crippen LogP contribution in [0.4, 0.5) is 8.78 Å². The fraction of sp³-hybridized carbons (Fsp3) is 0.800. The molecule has 5 nitrogen and oxygen atoms in total. The fourth-order valence-electron chi connectivity index (χ4n) is 0.791. The maximum absolute atomic E-state index is 12.2. The molecule has 68 valence electrons. The largest absolute Gasteiger partial charge is 0.306 e. The minimum atomic E-state index is -2.53. The molecule has 0 aliphatic carbocycles. The lowest BCUT2D eigenvalue weighted by Crippen LogP contribution is -2.25. The van der Waals surface area contributed by atoms with Gasteiger partial charge in [-0.05, 0) is 12.3 Å². The molecule has 1 N–H and O–H groups in total. The fourth-order valence-corrected chi connectivity index (χ4v) is 0.791. The molecule has 0 aliphatic rings. The highest BCUT2D eigenvalue weighted by atomic mass is 19.3. The SMILES string of the molecule is CNC(c1nnn(C)n1)C(F)F. The summed E-state index contributed by atoms with van der Waals surface area (Å²) in [5.41, 5.74) is 0. The Morgan fingerprint density at radius 3 is 2.50 bits per heavy atom. The van der Waals surface area contributed by atoms with Crippen molar-refractivity contribution in [2.24, 2.45) is 7.05 Å². The van der Waals surface area contributed by atoms with E-state index in [9.17, 15) is 8.78 Å². The molecule has 0 saturated carbocycles. The van der Waals surface area contributed by atoms with Crippen LogP contribution < -0.4 is 5.32 Å². The number of hydrogen-bond donors (Lipinski definition) is 1. The van der Waals surface area contributed by atoms with Gasteiger partial charge in [0.25, 0.3) is 6.43 Å². The number of aryl methyl sites for hydroxylation is 1. The summed E-state index contributed by atoms with van der Waals surface area (Å²) in [6, 6.07) is -1.14. The summed E-state index contributed by atoms with van der Waals surface area (Å²) in [5, 5.41) is 13.0. The van der Waals surface area contributed by atoms with Crippen molar-refractivity contribution in [2.45, 2.75) is 12.5 Å². The maximum Gasteiger partial charge on any atom is 0.261 e. The number of tetrazole rings is 1. The van der Waals surface area contributed by atoms with Crippen LogP contribution in [0.15, 0.2) is 0 Å². The molecule has 1 atom stereocenters. The smallest absolute Gasteiger partial charge is 0.261 e. The quantitative estimate of drug-likeness (QED) is 0.690. The second kappa shape index (κ2) is 3.53. The van der Waals surface area contributed by atoms with E-state index in [0.29, 0.717) is 0 Å². The van der Waals surface area contributed by atoms with Crippen LogP contribution in [-0.2, 0) is 7.05 Å². The number of aromatic nitrogens is 4. The van der Waals surface area contributed by atoms with E-state index in [1.54, 1.807) is 0 Å². The van der Waals surface area contributed by atoms with Crippen LogP contribution in [0.1, 0.15) is 11.9 Å². The molecule has 7 heteroatoms. The normalized spacial score (nSPS) is 13.8. The van der Waals surface area contributed by atoms with E-state index < -0.39 is 12.5 Å². The Labute approximate surface area is 67.8 Å². The van der Waals surface area contributed by atoms with Crippen LogP contribution in [0.2, 0.25) is 0 Å². The first kappa shape index (κ1) is 8.98. The van der Waals surface area contributed by atoms with Crippen molar-refractivity contribution in [3.8, 4) is 0 Å². The number of nitrogens with zero attached hydrogens (tertiary/aromatic N) is 4. The lowest BCUT2D eigenvalue weighted by atomic mass is 10.3. The molecule has 1 aromatic heterocycles. The highest BCUT2D eigenvalue weighted by Gasteiger charge is 2.24. The van der Waals surface area contributed by atoms with Crippen LogP contribution >= 0.6 is 0 Å². The Hall–Kier alpha value is -1.11. The van der Waals surface area contributed by atoms with Crippen molar-refractivity contribution in [2.75, 3.05) is 7.05 Å². The van der Waals surface area contributed by atoms with Crippen molar-refractivity contribution >= 4 is 0 Å². The molecule has 0 aliphatic heterocycles. The molecule has 12 heavy (non-hydrogen) atoms. The second-order valence-electron chi connectivity index (χ2n) is 2.24. The van der Waals surface area contributed by atoms with Crippen LogP contribution in [0.5, 0.6) is 0 Å². The average molecular weight is 177 g/mol. The van der Waals surface area contributed by atoms with Crippen LogP contribution in [0.25, 0.3) is 0 Å². The van der Waals surface area contributed by atoms with Gasteiger partial charge in [-0.3, -0.25) is 0 Å². The number of rotatable bonds is 3. The molecule has 1 unspecified atom stereocenters. The summed E-state index contributed by atoms with van der Waals surface area (Å²) in [4.78, 5) is 1.14. The highest BCUT2D eigenvalue weighted by molar-refractivity contribution is 4.90. The predicted molar refractivity (Wildman–Crippen MR) is 36.6 cm³/mol. The molecular weight excluding hydrogens is 168 g/mol. The van der Waals surface area contributed by atoms with E-state index in [1.807, 2.05) is 0 Å². The van der Waals surface area contributed by atoms with E-state index in [2.05, 4.69) is 20.7 Å². The third kappa shape index (κ3) is 1.73. The molecule has 0 radical (unpaired) electrons. The van der Waals surface area contributed by atoms with E-state index in [4.69, 9.17) is 0 Å². The van der Waals surface area contributed by atoms with Crippen molar-refractivity contribution in [3.05, 3.63) is 5.82 Å². The third-order valence-electron chi connectivity index (χ3n) is 1.36. The Morgan fingerprint density at radius 1 is 1.50 bits per heavy atom. The molecule has 0 spiro atoms. The molecule has 1 aromatic rings. The summed E-state index contributed by atoms with van der Waals surface area (Å²) >= 11 is 0. The van der Waals surface area contributed by atoms with Crippen molar-refractivity contribution in [3.63, 3.8) is 0 Å². The molecule has 0 saturated heterocycles. The van der Waals surface area contributed by atoms with Gasteiger partial charge in [0, 0.05) is 0 Å². The Balaban J connectivity index is 2.80. The molecular formula is C5H9F2N5. The number of hydrogen-bond acceptors (Lipinski definition) is 4. The summed E-state index contributed by atoms with van der Waals surface area (Å²) in [5.74, 6) is 0.00926. The predicted octanol–water partition coefficient (Wildman–Crippen LogP) is -0.264. The first-order chi connectivity index (χ1) is 5.65. The summed E-state index contributed by atoms with van der Waals surface area (Å²) in [6.45, 7) is 0. The monoisotopic (exact) mass is 177 g/mol. The summed E-state index contributed by atoms with van der Waals surface area (Å²) in [6.07, 6.45) is -2.53. The second-order valence-corrected chi connectivity index (χ2v) is 2.24. The zero-order valence-corrected chi connectivity index (χ0v) is 6.70. The zero-order valence-electron chi connectivity index (χ0n) is 6.70. The highest BCUT2D eigenvalue weighted by Crippen LogP contribution is 2.14. The van der Waals surface area contributed by atoms with E-state index in [0.717, 1.165) is 4.80 Å². The maximum atomic E-state index is 12.2. The summed E-state index contributed by atoms with van der Waals surface area (Å²) < 4.78 is 24.4. The van der Waals surface area contributed by atoms with Gasteiger partial charge in [0.2, 0.25) is 0 Å². The van der Waals surface area contributed by atoms with E-state index >= 15 is 0 Å². The van der Waals surface area contributed by atoms with E-state index in [1.165, 1.54) is 14.1 Å². The van der Waals surface area contributed by atoms with Gasteiger partial charge < -0.3 is 5.32 Å². The first-order valence-corrected chi connectivity index (χ1v) is 3.34. The van der Waals surface area contributed by atoms with Gasteiger partial charge in [0.05, 0.1) is 7.05 Å². The van der Waals surface area contributed by atoms with Gasteiger partial charge in [-0.1, -0.05) is 0 Å². The van der Waals surface area contributed by atoms with Gasteiger partial charge in [-0.2, -0.15) is 4.80 Å². The van der Waals surface area contributed by atoms with Gasteiger partial charge in [0.15, 0.2) is 5.82 Å². The van der Waals surface area contributed by atoms with Crippen molar-refractivity contribution in [1.82, 2.24) is 25.5 Å². The lowest BCUT2D eigenvalue weighted by molar-refractivity contribution is 0.0982. The average Bonchev–Trinajstić information content (AvgIpc) is 2.37. The van der Waals surface area contributed by atoms with Gasteiger partial charge in [-0.15, -0.1) is 10.2 Å². The van der Waals surface area contributed by atoms with E-state index in [-0.39, 0.29) is 5.82 Å². The van der Waals surface area contributed by atoms with Gasteiger partial charge in [-0.25, -0.2) is 8.78 Å². The minimum absolute atomic E-state index is 0.00926. The van der Waals surface area contributed by atoms with Crippen molar-refractivity contribution in [1.29, 1.82) is 0 Å². The Bertz CT molecular complexity index is 248. The minimum Gasteiger partial charge on any atom is -0.306 e. The molecule has 1 rings (SSSR count). The molecule has 0 aromatic carbocycles. The Kier molecular flexibility index (Phi) is 2.64. The van der Waals surface area contributed by atoms with Gasteiger partial charge in [0.1, 0.15) is 6.04 Å². The number of halogens is 2. The zero-order chi connectivity index (χ0) is 9.14. The Morgan fingerprint density at radius 2 is 2.17 bits per heavy atom. The first-order valence-electron chi connectivity index (χ1n) is 3.34. The summed E-state index contributed by atoms with van der Waals surface area (Å²) in [7, 11) is 2.95. The van der Waals surface area contributed by atoms with Crippen LogP contribution in [0, 0.1) is 0 Å². The molecule has 0 bridgehead atoms. The molecule has 0 fully saturated rings. The van der Waals surface area contributed by atoms with Gasteiger partial charge >= 0.3 is 0 Å². The lowest BCUT2D eigenvalue weighted by Gasteiger charge is -2.09. The number of alkyl halides is 2. The van der Waals surface area contributed by atoms with Crippen molar-refractivity contribution < 1.29 is 8.78 Å². The third-order valence-corrected chi connectivity index (χ3v) is 1.36. The van der Waals surface area contributed by atoms with Crippen LogP contribution in [0.3, 0.4) is 0 Å². The molecule has 1 heterocycles. The number of nitrogens with one attached hydrogen (secondary N) is 1. The standard InChI is InChI=1S/C5H9F2N5/c1-8-3(4(6)7)5-9-11-12(2)10-5/h3-4,8H,1-2H3. The van der Waals surface area contributed by atoms with Crippen LogP contribution in [-0.4, -0.2) is 33.7 Å².